The molecular weight excluding hydrogens is 480 g/mol. The van der Waals surface area contributed by atoms with Crippen molar-refractivity contribution in [3.63, 3.8) is 0 Å². The highest BCUT2D eigenvalue weighted by atomic mass is 16.5. The molecule has 190 valence electrons. The number of ether oxygens (including phenoxy) is 6. The summed E-state index contributed by atoms with van der Waals surface area (Å²) in [7, 11) is 5.96. The predicted molar refractivity (Wildman–Crippen MR) is 132 cm³/mol. The Bertz CT molecular complexity index is 1450. The lowest BCUT2D eigenvalue weighted by Gasteiger charge is -2.26. The number of carbonyl (C=O) groups is 2. The van der Waals surface area contributed by atoms with Gasteiger partial charge in [-0.05, 0) is 48.0 Å². The first-order valence-corrected chi connectivity index (χ1v) is 11.4. The first kappa shape index (κ1) is 24.1. The number of esters is 1. The second-order valence-corrected chi connectivity index (χ2v) is 8.38. The number of hydrogen-bond donors (Lipinski definition) is 1. The van der Waals surface area contributed by atoms with E-state index in [-0.39, 0.29) is 23.7 Å². The normalized spacial score (nSPS) is 17.0. The van der Waals surface area contributed by atoms with Gasteiger partial charge in [-0.15, -0.1) is 0 Å². The molecule has 0 unspecified atom stereocenters. The Hall–Kier alpha value is -4.66. The van der Waals surface area contributed by atoms with E-state index in [2.05, 4.69) is 0 Å². The number of methoxy groups -OCH3 is 4. The highest BCUT2D eigenvalue weighted by Gasteiger charge is 2.39. The Morgan fingerprint density at radius 2 is 1.59 bits per heavy atom. The van der Waals surface area contributed by atoms with Crippen LogP contribution < -0.4 is 28.4 Å². The molecular formula is C28H24O9. The molecule has 3 aromatic carbocycles. The molecule has 0 bridgehead atoms. The Labute approximate surface area is 212 Å². The van der Waals surface area contributed by atoms with Gasteiger partial charge in [0.05, 0.1) is 40.4 Å². The van der Waals surface area contributed by atoms with Gasteiger partial charge in [0.2, 0.25) is 11.5 Å². The van der Waals surface area contributed by atoms with E-state index in [1.54, 1.807) is 42.5 Å². The summed E-state index contributed by atoms with van der Waals surface area (Å²) in [5.74, 6) is 0.889. The van der Waals surface area contributed by atoms with Gasteiger partial charge in [-0.1, -0.05) is 6.07 Å². The molecule has 1 N–H and O–H groups in total. The molecule has 0 aliphatic carbocycles. The van der Waals surface area contributed by atoms with Crippen LogP contribution in [0.1, 0.15) is 39.4 Å². The van der Waals surface area contributed by atoms with Gasteiger partial charge in [-0.3, -0.25) is 9.59 Å². The van der Waals surface area contributed by atoms with E-state index in [1.807, 2.05) is 0 Å². The number of carbonyl (C=O) groups excluding carboxylic acids is 2. The number of ketones is 1. The molecule has 2 heterocycles. The van der Waals surface area contributed by atoms with Crippen LogP contribution in [0.5, 0.6) is 40.2 Å². The van der Waals surface area contributed by atoms with Gasteiger partial charge in [0, 0.05) is 17.0 Å². The molecule has 5 rings (SSSR count). The minimum atomic E-state index is -0.509. The van der Waals surface area contributed by atoms with Crippen molar-refractivity contribution in [3.05, 3.63) is 70.5 Å². The highest BCUT2D eigenvalue weighted by Crippen LogP contribution is 2.50. The van der Waals surface area contributed by atoms with Gasteiger partial charge in [0.1, 0.15) is 11.5 Å². The lowest BCUT2D eigenvalue weighted by Crippen LogP contribution is -2.21. The molecule has 2 aliphatic heterocycles. The van der Waals surface area contributed by atoms with Crippen LogP contribution in [0.2, 0.25) is 0 Å². The third-order valence-corrected chi connectivity index (χ3v) is 6.41. The lowest BCUT2D eigenvalue weighted by atomic mass is 9.84. The standard InChI is InChI=1S/C28H24O9/c1-32-19-8-5-14(11-18(19)29)17-13-23(30)36-20-10-7-16-25(31)22(37-27(16)24(17)20)12-15-6-9-21(33-2)28(35-4)26(15)34-3/h5-12,17,29H,13H2,1-4H3/b22-12+/t17-/m1/s1. The number of hydrogen-bond acceptors (Lipinski definition) is 9. The molecule has 0 radical (unpaired) electrons. The maximum Gasteiger partial charge on any atom is 0.312 e. The summed E-state index contributed by atoms with van der Waals surface area (Å²) in [6.07, 6.45) is 1.58. The third-order valence-electron chi connectivity index (χ3n) is 6.41. The van der Waals surface area contributed by atoms with Gasteiger partial charge >= 0.3 is 5.97 Å². The van der Waals surface area contributed by atoms with Crippen LogP contribution in [0.3, 0.4) is 0 Å². The van der Waals surface area contributed by atoms with Gasteiger partial charge in [-0.25, -0.2) is 0 Å². The van der Waals surface area contributed by atoms with Gasteiger partial charge < -0.3 is 33.5 Å². The molecule has 3 aromatic rings. The van der Waals surface area contributed by atoms with Crippen molar-refractivity contribution in [1.82, 2.24) is 0 Å². The fraction of sp³-hybridized carbons (Fsp3) is 0.214. The molecule has 0 spiro atoms. The van der Waals surface area contributed by atoms with Crippen LogP contribution >= 0.6 is 0 Å². The molecule has 0 amide bonds. The maximum atomic E-state index is 13.4. The number of fused-ring (bicyclic) bond motifs is 3. The number of phenolic OH excluding ortho intramolecular Hbond substituents is 1. The van der Waals surface area contributed by atoms with E-state index in [0.29, 0.717) is 56.8 Å². The van der Waals surface area contributed by atoms with Crippen LogP contribution in [0.4, 0.5) is 0 Å². The molecule has 0 aromatic heterocycles. The zero-order chi connectivity index (χ0) is 26.3. The first-order chi connectivity index (χ1) is 17.9. The van der Waals surface area contributed by atoms with Gasteiger partial charge in [0.25, 0.3) is 0 Å². The van der Waals surface area contributed by atoms with Crippen molar-refractivity contribution in [2.45, 2.75) is 12.3 Å². The van der Waals surface area contributed by atoms with Gasteiger partial charge in [-0.2, -0.15) is 0 Å². The van der Waals surface area contributed by atoms with E-state index in [0.717, 1.165) is 0 Å². The number of benzene rings is 3. The topological polar surface area (TPSA) is 110 Å². The van der Waals surface area contributed by atoms with Crippen LogP contribution in [0, 0.1) is 0 Å². The summed E-state index contributed by atoms with van der Waals surface area (Å²) in [6, 6.07) is 11.5. The largest absolute Gasteiger partial charge is 0.504 e. The monoisotopic (exact) mass is 504 g/mol. The quantitative estimate of drug-likeness (QED) is 0.295. The van der Waals surface area contributed by atoms with Gasteiger partial charge in [0.15, 0.2) is 28.8 Å². The zero-order valence-electron chi connectivity index (χ0n) is 20.6. The summed E-state index contributed by atoms with van der Waals surface area (Å²) >= 11 is 0. The fourth-order valence-electron chi connectivity index (χ4n) is 4.69. The van der Waals surface area contributed by atoms with Crippen LogP contribution in [0.15, 0.2) is 48.2 Å². The van der Waals surface area contributed by atoms with Crippen LogP contribution in [-0.4, -0.2) is 45.3 Å². The van der Waals surface area contributed by atoms with Crippen LogP contribution in [-0.2, 0) is 4.79 Å². The predicted octanol–water partition coefficient (Wildman–Crippen LogP) is 4.48. The second kappa shape index (κ2) is 9.42. The summed E-state index contributed by atoms with van der Waals surface area (Å²) in [4.78, 5) is 25.8. The van der Waals surface area contributed by atoms with Crippen molar-refractivity contribution in [1.29, 1.82) is 0 Å². The molecule has 9 nitrogen and oxygen atoms in total. The van der Waals surface area contributed by atoms with Crippen molar-refractivity contribution in [3.8, 4) is 40.2 Å². The van der Waals surface area contributed by atoms with Crippen molar-refractivity contribution < 1.29 is 43.1 Å². The summed E-state index contributed by atoms with van der Waals surface area (Å²) in [5, 5.41) is 10.3. The van der Waals surface area contributed by atoms with Crippen LogP contribution in [0.25, 0.3) is 6.08 Å². The Morgan fingerprint density at radius 1 is 0.865 bits per heavy atom. The fourth-order valence-corrected chi connectivity index (χ4v) is 4.69. The Balaban J connectivity index is 1.60. The molecule has 37 heavy (non-hydrogen) atoms. The molecule has 9 heteroatoms. The molecule has 0 saturated carbocycles. The van der Waals surface area contributed by atoms with Crippen molar-refractivity contribution in [2.75, 3.05) is 28.4 Å². The Kier molecular flexibility index (Phi) is 6.12. The van der Waals surface area contributed by atoms with E-state index in [4.69, 9.17) is 28.4 Å². The lowest BCUT2D eigenvalue weighted by molar-refractivity contribution is -0.135. The third kappa shape index (κ3) is 3.98. The average Bonchev–Trinajstić information content (AvgIpc) is 3.22. The van der Waals surface area contributed by atoms with E-state index in [1.165, 1.54) is 34.5 Å². The summed E-state index contributed by atoms with van der Waals surface area (Å²) in [5.41, 5.74) is 2.09. The SMILES string of the molecule is COc1ccc([C@H]2CC(=O)Oc3ccc4c(c32)O/C(=C/c2ccc(OC)c(OC)c2OC)C4=O)cc1O. The minimum Gasteiger partial charge on any atom is -0.504 e. The molecule has 1 atom stereocenters. The average molecular weight is 504 g/mol. The van der Waals surface area contributed by atoms with Crippen molar-refractivity contribution in [2.24, 2.45) is 0 Å². The second-order valence-electron chi connectivity index (χ2n) is 8.38. The van der Waals surface area contributed by atoms with E-state index < -0.39 is 11.9 Å². The minimum absolute atomic E-state index is 0.00925. The number of aromatic hydroxyl groups is 1. The summed E-state index contributed by atoms with van der Waals surface area (Å²) in [6.45, 7) is 0. The van der Waals surface area contributed by atoms with E-state index in [9.17, 15) is 14.7 Å². The molecule has 0 fully saturated rings. The number of rotatable bonds is 6. The van der Waals surface area contributed by atoms with E-state index >= 15 is 0 Å². The number of Topliss-reactive ketones (excluding diaryl/α,β-unsaturated/α-hetero) is 1. The number of allylic oxidation sites excluding steroid dienone is 1. The Morgan fingerprint density at radius 3 is 2.27 bits per heavy atom. The maximum absolute atomic E-state index is 13.4. The zero-order valence-corrected chi connectivity index (χ0v) is 20.6. The number of phenols is 1. The first-order valence-electron chi connectivity index (χ1n) is 11.4. The smallest absolute Gasteiger partial charge is 0.312 e. The molecule has 0 saturated heterocycles. The van der Waals surface area contributed by atoms with Crippen molar-refractivity contribution >= 4 is 17.8 Å². The highest BCUT2D eigenvalue weighted by molar-refractivity contribution is 6.15. The molecule has 2 aliphatic rings. The summed E-state index contributed by atoms with van der Waals surface area (Å²) < 4.78 is 33.0.